The van der Waals surface area contributed by atoms with Crippen LogP contribution in [0, 0.1) is 5.92 Å². The number of ether oxygens (including phenoxy) is 1. The molecule has 4 amide bonds. The first-order valence-corrected chi connectivity index (χ1v) is 13.3. The number of aliphatic carboxylic acids is 1. The molecule has 0 heterocycles. The summed E-state index contributed by atoms with van der Waals surface area (Å²) >= 11 is 0. The Balaban J connectivity index is 2.85. The second-order valence-electron chi connectivity index (χ2n) is 9.96. The number of carboxylic acid groups (broad SMARTS) is 1. The number of carbonyl (C=O) groups excluding carboxylic acids is 6. The third-order valence-corrected chi connectivity index (χ3v) is 6.11. The average molecular weight is 577 g/mol. The summed E-state index contributed by atoms with van der Waals surface area (Å²) in [7, 11) is 1.12. The van der Waals surface area contributed by atoms with Gasteiger partial charge in [0.2, 0.25) is 23.6 Å². The maximum absolute atomic E-state index is 13.1. The zero-order chi connectivity index (χ0) is 31.1. The Morgan fingerprint density at radius 1 is 0.805 bits per heavy atom. The number of benzene rings is 1. The highest BCUT2D eigenvalue weighted by atomic mass is 16.5. The number of Topliss-reactive ketones (excluding diaryl/α,β-unsaturated/α-hetero) is 1. The van der Waals surface area contributed by atoms with Crippen LogP contribution in [0.25, 0.3) is 0 Å². The van der Waals surface area contributed by atoms with Gasteiger partial charge in [0.25, 0.3) is 0 Å². The summed E-state index contributed by atoms with van der Waals surface area (Å²) in [4.78, 5) is 85.8. The fourth-order valence-electron chi connectivity index (χ4n) is 3.86. The number of aryl methyl sites for hydroxylation is 1. The molecule has 1 rings (SSSR count). The number of hydrogen-bond donors (Lipinski definition) is 5. The average Bonchev–Trinajstić information content (AvgIpc) is 2.90. The molecule has 1 aromatic rings. The Kier molecular flexibility index (Phi) is 14.8. The first-order valence-electron chi connectivity index (χ1n) is 13.3. The summed E-state index contributed by atoms with van der Waals surface area (Å²) in [5.74, 6) is -5.83. The van der Waals surface area contributed by atoms with E-state index in [4.69, 9.17) is 0 Å². The van der Waals surface area contributed by atoms with E-state index >= 15 is 0 Å². The van der Waals surface area contributed by atoms with E-state index in [2.05, 4.69) is 26.0 Å². The maximum Gasteiger partial charge on any atom is 0.308 e. The standard InChI is InChI=1S/C28H40N4O9/c1-16(2)25(32-26(38)17(3)29-27(39)21(30-18(4)33)15-24(37)41-5)28(40)31-20(14-23(35)36)22(34)13-9-12-19-10-7-6-8-11-19/h6-8,10-11,16-17,20-21,25H,9,12-15H2,1-5H3,(H,29,39)(H,30,33)(H,31,40)(H,32,38)(H,35,36)/t17-,20-,21-,25-/m0/s1. The van der Waals surface area contributed by atoms with Gasteiger partial charge in [-0.1, -0.05) is 44.2 Å². The normalized spacial score (nSPS) is 13.6. The van der Waals surface area contributed by atoms with Gasteiger partial charge in [0.05, 0.1) is 26.0 Å². The minimum absolute atomic E-state index is 0.0515. The van der Waals surface area contributed by atoms with Crippen LogP contribution in [-0.2, 0) is 44.7 Å². The second-order valence-corrected chi connectivity index (χ2v) is 9.96. The van der Waals surface area contributed by atoms with Crippen molar-refractivity contribution in [2.75, 3.05) is 7.11 Å². The van der Waals surface area contributed by atoms with E-state index in [9.17, 15) is 38.7 Å². The molecule has 0 radical (unpaired) electrons. The number of esters is 1. The van der Waals surface area contributed by atoms with Gasteiger partial charge in [-0.25, -0.2) is 0 Å². The summed E-state index contributed by atoms with van der Waals surface area (Å²) in [6.45, 7) is 5.79. The lowest BCUT2D eigenvalue weighted by Gasteiger charge is -2.26. The van der Waals surface area contributed by atoms with Gasteiger partial charge in [0.15, 0.2) is 5.78 Å². The zero-order valence-corrected chi connectivity index (χ0v) is 24.0. The van der Waals surface area contributed by atoms with Gasteiger partial charge >= 0.3 is 11.9 Å². The Hall–Kier alpha value is -4.29. The van der Waals surface area contributed by atoms with Crippen molar-refractivity contribution < 1.29 is 43.4 Å². The molecule has 0 spiro atoms. The molecule has 4 atom stereocenters. The first kappa shape index (κ1) is 34.7. The van der Waals surface area contributed by atoms with Crippen molar-refractivity contribution in [2.24, 2.45) is 5.92 Å². The van der Waals surface area contributed by atoms with Crippen LogP contribution in [-0.4, -0.2) is 77.7 Å². The van der Waals surface area contributed by atoms with Crippen molar-refractivity contribution in [3.8, 4) is 0 Å². The predicted molar refractivity (Wildman–Crippen MR) is 147 cm³/mol. The van der Waals surface area contributed by atoms with E-state index in [1.54, 1.807) is 13.8 Å². The Bertz CT molecular complexity index is 1090. The first-order chi connectivity index (χ1) is 19.2. The van der Waals surface area contributed by atoms with Crippen LogP contribution in [0.3, 0.4) is 0 Å². The molecule has 13 nitrogen and oxygen atoms in total. The van der Waals surface area contributed by atoms with Crippen molar-refractivity contribution in [3.05, 3.63) is 35.9 Å². The maximum atomic E-state index is 13.1. The van der Waals surface area contributed by atoms with Crippen molar-refractivity contribution in [1.82, 2.24) is 21.3 Å². The third kappa shape index (κ3) is 13.1. The molecule has 0 fully saturated rings. The molecular weight excluding hydrogens is 536 g/mol. The topological polar surface area (TPSA) is 197 Å². The van der Waals surface area contributed by atoms with E-state index in [0.717, 1.165) is 19.6 Å². The van der Waals surface area contributed by atoms with Crippen LogP contribution in [0.15, 0.2) is 30.3 Å². The minimum Gasteiger partial charge on any atom is -0.481 e. The second kappa shape index (κ2) is 17.4. The van der Waals surface area contributed by atoms with Gasteiger partial charge in [0.1, 0.15) is 18.1 Å². The van der Waals surface area contributed by atoms with Gasteiger partial charge in [-0.3, -0.25) is 33.6 Å². The van der Waals surface area contributed by atoms with E-state index in [1.165, 1.54) is 6.92 Å². The minimum atomic E-state index is -1.29. The lowest BCUT2D eigenvalue weighted by molar-refractivity contribution is -0.144. The molecule has 0 bridgehead atoms. The molecule has 13 heteroatoms. The van der Waals surface area contributed by atoms with Gasteiger partial charge in [-0.15, -0.1) is 0 Å². The number of carbonyl (C=O) groups is 7. The lowest BCUT2D eigenvalue weighted by Crippen LogP contribution is -2.58. The summed E-state index contributed by atoms with van der Waals surface area (Å²) in [6.07, 6.45) is 0.0439. The van der Waals surface area contributed by atoms with Crippen molar-refractivity contribution >= 4 is 41.4 Å². The molecule has 41 heavy (non-hydrogen) atoms. The quantitative estimate of drug-likeness (QED) is 0.161. The van der Waals surface area contributed by atoms with Gasteiger partial charge in [0, 0.05) is 13.3 Å². The number of hydrogen-bond acceptors (Lipinski definition) is 8. The summed E-state index contributed by atoms with van der Waals surface area (Å²) in [6, 6.07) is 4.54. The molecular formula is C28H40N4O9. The van der Waals surface area contributed by atoms with Gasteiger partial charge in [-0.2, -0.15) is 0 Å². The molecule has 0 unspecified atom stereocenters. The molecule has 0 aliphatic carbocycles. The lowest BCUT2D eigenvalue weighted by atomic mass is 9.99. The van der Waals surface area contributed by atoms with Gasteiger partial charge in [-0.05, 0) is 31.2 Å². The van der Waals surface area contributed by atoms with Crippen molar-refractivity contribution in [2.45, 2.75) is 84.0 Å². The largest absolute Gasteiger partial charge is 0.481 e. The highest BCUT2D eigenvalue weighted by molar-refractivity contribution is 5.97. The highest BCUT2D eigenvalue weighted by Gasteiger charge is 2.32. The number of nitrogens with one attached hydrogen (secondary N) is 4. The van der Waals surface area contributed by atoms with Gasteiger partial charge < -0.3 is 31.1 Å². The fourth-order valence-corrected chi connectivity index (χ4v) is 3.86. The molecule has 0 aliphatic rings. The Labute approximate surface area is 239 Å². The summed E-state index contributed by atoms with van der Waals surface area (Å²) < 4.78 is 4.53. The number of rotatable bonds is 17. The monoisotopic (exact) mass is 576 g/mol. The van der Waals surface area contributed by atoms with E-state index in [0.29, 0.717) is 12.8 Å². The highest BCUT2D eigenvalue weighted by Crippen LogP contribution is 2.10. The molecule has 1 aromatic carbocycles. The van der Waals surface area contributed by atoms with Crippen LogP contribution in [0.4, 0.5) is 0 Å². The van der Waals surface area contributed by atoms with Crippen LogP contribution in [0.1, 0.15) is 58.9 Å². The fraction of sp³-hybridized carbons (Fsp3) is 0.536. The summed E-state index contributed by atoms with van der Waals surface area (Å²) in [5.41, 5.74) is 1.02. The van der Waals surface area contributed by atoms with E-state index in [1.807, 2.05) is 30.3 Å². The van der Waals surface area contributed by atoms with Crippen LogP contribution in [0.5, 0.6) is 0 Å². The Morgan fingerprint density at radius 3 is 1.98 bits per heavy atom. The smallest absolute Gasteiger partial charge is 0.308 e. The number of carboxylic acids is 1. The predicted octanol–water partition coefficient (Wildman–Crippen LogP) is 0.251. The molecule has 0 saturated heterocycles. The zero-order valence-electron chi connectivity index (χ0n) is 24.0. The van der Waals surface area contributed by atoms with Crippen molar-refractivity contribution in [3.63, 3.8) is 0 Å². The van der Waals surface area contributed by atoms with Crippen LogP contribution in [0.2, 0.25) is 0 Å². The van der Waals surface area contributed by atoms with Crippen molar-refractivity contribution in [1.29, 1.82) is 0 Å². The molecule has 226 valence electrons. The van der Waals surface area contributed by atoms with Crippen LogP contribution < -0.4 is 21.3 Å². The van der Waals surface area contributed by atoms with E-state index in [-0.39, 0.29) is 6.42 Å². The Morgan fingerprint density at radius 2 is 1.44 bits per heavy atom. The molecule has 0 saturated carbocycles. The third-order valence-electron chi connectivity index (χ3n) is 6.11. The van der Waals surface area contributed by atoms with E-state index < -0.39 is 84.3 Å². The van der Waals surface area contributed by atoms with Crippen LogP contribution >= 0.6 is 0 Å². The number of amides is 4. The number of methoxy groups -OCH3 is 1. The molecule has 0 aliphatic heterocycles. The number of ketones is 1. The molecule has 5 N–H and O–H groups in total. The summed E-state index contributed by atoms with van der Waals surface area (Å²) in [5, 5.41) is 19.0. The SMILES string of the molecule is COC(=O)C[C@H](NC(C)=O)C(=O)N[C@@H](C)C(=O)N[C@H](C(=O)N[C@@H](CC(=O)O)C(=O)CCCc1ccccc1)C(C)C. The molecule has 0 aromatic heterocycles.